The molecule has 1 amide bonds. The summed E-state index contributed by atoms with van der Waals surface area (Å²) >= 11 is 6.38. The van der Waals surface area contributed by atoms with Crippen LogP contribution in [0.5, 0.6) is 0 Å². The molecule has 34 heavy (non-hydrogen) atoms. The SMILES string of the molecule is Cn1cc(CN2CCN(c3ccccc3Cl)CC2)cc1C(=O)N1CCN(c2ccccn2)CC1. The Bertz CT molecular complexity index is 1120. The number of nitrogens with zero attached hydrogens (tertiary/aromatic N) is 6. The monoisotopic (exact) mass is 478 g/mol. The maximum absolute atomic E-state index is 13.2. The fraction of sp³-hybridized carbons (Fsp3) is 0.385. The summed E-state index contributed by atoms with van der Waals surface area (Å²) in [7, 11) is 1.97. The molecule has 0 saturated carbocycles. The molecular formula is C26H31ClN6O. The minimum absolute atomic E-state index is 0.109. The highest BCUT2D eigenvalue weighted by molar-refractivity contribution is 6.33. The Hall–Kier alpha value is -3.03. The Kier molecular flexibility index (Phi) is 6.74. The Morgan fingerprint density at radius 1 is 0.912 bits per heavy atom. The Morgan fingerprint density at radius 3 is 2.32 bits per heavy atom. The number of amides is 1. The van der Waals surface area contributed by atoms with E-state index in [0.29, 0.717) is 13.1 Å². The van der Waals surface area contributed by atoms with Crippen molar-refractivity contribution in [3.8, 4) is 0 Å². The molecule has 0 radical (unpaired) electrons. The summed E-state index contributed by atoms with van der Waals surface area (Å²) < 4.78 is 1.97. The van der Waals surface area contributed by atoms with Crippen LogP contribution < -0.4 is 9.80 Å². The predicted molar refractivity (Wildman–Crippen MR) is 137 cm³/mol. The van der Waals surface area contributed by atoms with Crippen LogP contribution >= 0.6 is 11.6 Å². The molecule has 2 aliphatic rings. The second-order valence-electron chi connectivity index (χ2n) is 9.03. The van der Waals surface area contributed by atoms with Gasteiger partial charge in [0.25, 0.3) is 5.91 Å². The van der Waals surface area contributed by atoms with Crippen LogP contribution in [0.15, 0.2) is 60.9 Å². The Balaban J connectivity index is 1.16. The van der Waals surface area contributed by atoms with Gasteiger partial charge in [-0.2, -0.15) is 0 Å². The average molecular weight is 479 g/mol. The highest BCUT2D eigenvalue weighted by atomic mass is 35.5. The van der Waals surface area contributed by atoms with Crippen LogP contribution in [0.4, 0.5) is 11.5 Å². The van der Waals surface area contributed by atoms with Crippen LogP contribution in [0, 0.1) is 0 Å². The maximum Gasteiger partial charge on any atom is 0.270 e. The quantitative estimate of drug-likeness (QED) is 0.562. The van der Waals surface area contributed by atoms with E-state index in [0.717, 1.165) is 68.0 Å². The Labute approximate surface area is 206 Å². The van der Waals surface area contributed by atoms with Crippen molar-refractivity contribution in [3.63, 3.8) is 0 Å². The Morgan fingerprint density at radius 2 is 1.62 bits per heavy atom. The van der Waals surface area contributed by atoms with Gasteiger partial charge in [0.15, 0.2) is 0 Å². The van der Waals surface area contributed by atoms with E-state index in [9.17, 15) is 4.79 Å². The number of hydrogen-bond acceptors (Lipinski definition) is 5. The number of aryl methyl sites for hydroxylation is 1. The van der Waals surface area contributed by atoms with E-state index in [1.807, 2.05) is 59.1 Å². The van der Waals surface area contributed by atoms with Crippen LogP contribution in [0.1, 0.15) is 16.1 Å². The molecule has 3 aromatic rings. The van der Waals surface area contributed by atoms with Crippen molar-refractivity contribution < 1.29 is 4.79 Å². The second kappa shape index (κ2) is 10.1. The summed E-state index contributed by atoms with van der Waals surface area (Å²) in [5.74, 6) is 1.09. The third kappa shape index (κ3) is 4.91. The maximum atomic E-state index is 13.2. The normalized spacial score (nSPS) is 17.3. The molecule has 7 nitrogen and oxygen atoms in total. The number of halogens is 1. The van der Waals surface area contributed by atoms with E-state index in [2.05, 4.69) is 38.0 Å². The molecule has 2 aliphatic heterocycles. The molecule has 2 fully saturated rings. The van der Waals surface area contributed by atoms with Crippen molar-refractivity contribution in [3.05, 3.63) is 77.2 Å². The number of carbonyl (C=O) groups is 1. The summed E-state index contributed by atoms with van der Waals surface area (Å²) in [5.41, 5.74) is 3.06. The van der Waals surface area contributed by atoms with Crippen molar-refractivity contribution in [2.45, 2.75) is 6.54 Å². The van der Waals surface area contributed by atoms with Crippen molar-refractivity contribution in [2.24, 2.45) is 7.05 Å². The van der Waals surface area contributed by atoms with Gasteiger partial charge in [0.1, 0.15) is 11.5 Å². The second-order valence-corrected chi connectivity index (χ2v) is 9.43. The smallest absolute Gasteiger partial charge is 0.270 e. The number of piperazine rings is 2. The number of anilines is 2. The number of hydrogen-bond donors (Lipinski definition) is 0. The molecule has 178 valence electrons. The minimum atomic E-state index is 0.109. The topological polar surface area (TPSA) is 47.9 Å². The molecule has 0 N–H and O–H groups in total. The predicted octanol–water partition coefficient (Wildman–Crippen LogP) is 3.36. The van der Waals surface area contributed by atoms with Crippen LogP contribution in [0.3, 0.4) is 0 Å². The summed E-state index contributed by atoms with van der Waals surface area (Å²) in [6, 6.07) is 16.1. The third-order valence-electron chi connectivity index (χ3n) is 6.79. The van der Waals surface area contributed by atoms with Gasteiger partial charge in [0, 0.05) is 78.3 Å². The fourth-order valence-corrected chi connectivity index (χ4v) is 5.14. The molecule has 0 atom stereocenters. The molecule has 0 unspecified atom stereocenters. The lowest BCUT2D eigenvalue weighted by Gasteiger charge is -2.36. The number of para-hydroxylation sites is 1. The molecule has 2 saturated heterocycles. The third-order valence-corrected chi connectivity index (χ3v) is 7.11. The van der Waals surface area contributed by atoms with Gasteiger partial charge in [-0.15, -0.1) is 0 Å². The first-order valence-corrected chi connectivity index (χ1v) is 12.3. The van der Waals surface area contributed by atoms with E-state index in [-0.39, 0.29) is 5.91 Å². The molecule has 4 heterocycles. The van der Waals surface area contributed by atoms with Crippen molar-refractivity contribution in [2.75, 3.05) is 62.2 Å². The van der Waals surface area contributed by atoms with Gasteiger partial charge in [-0.25, -0.2) is 4.98 Å². The number of aromatic nitrogens is 2. The van der Waals surface area contributed by atoms with Crippen molar-refractivity contribution >= 4 is 29.0 Å². The fourth-order valence-electron chi connectivity index (χ4n) is 4.89. The zero-order valence-corrected chi connectivity index (χ0v) is 20.4. The minimum Gasteiger partial charge on any atom is -0.368 e. The van der Waals surface area contributed by atoms with Crippen molar-refractivity contribution in [1.82, 2.24) is 19.4 Å². The lowest BCUT2D eigenvalue weighted by atomic mass is 10.2. The van der Waals surface area contributed by atoms with Gasteiger partial charge in [-0.05, 0) is 35.9 Å². The molecule has 0 aliphatic carbocycles. The zero-order valence-electron chi connectivity index (χ0n) is 19.6. The van der Waals surface area contributed by atoms with Gasteiger partial charge in [0.2, 0.25) is 0 Å². The first-order chi connectivity index (χ1) is 16.6. The van der Waals surface area contributed by atoms with Gasteiger partial charge < -0.3 is 19.3 Å². The van der Waals surface area contributed by atoms with Crippen molar-refractivity contribution in [1.29, 1.82) is 0 Å². The summed E-state index contributed by atoms with van der Waals surface area (Å²) in [4.78, 5) is 26.7. The highest BCUT2D eigenvalue weighted by Gasteiger charge is 2.25. The van der Waals surface area contributed by atoms with E-state index in [4.69, 9.17) is 11.6 Å². The summed E-state index contributed by atoms with van der Waals surface area (Å²) in [5, 5.41) is 0.808. The molecular weight excluding hydrogens is 448 g/mol. The standard InChI is InChI=1S/C26H31ClN6O/c1-29-19-21(20-30-10-12-31(13-11-30)23-7-3-2-6-22(23)27)18-24(29)26(34)33-16-14-32(15-17-33)25-8-4-5-9-28-25/h2-9,18-19H,10-17,20H2,1H3. The number of pyridine rings is 1. The first-order valence-electron chi connectivity index (χ1n) is 11.9. The van der Waals surface area contributed by atoms with E-state index in [1.165, 1.54) is 5.56 Å². The van der Waals surface area contributed by atoms with Gasteiger partial charge in [0.05, 0.1) is 10.7 Å². The van der Waals surface area contributed by atoms with E-state index < -0.39 is 0 Å². The van der Waals surface area contributed by atoms with Gasteiger partial charge in [-0.1, -0.05) is 29.8 Å². The summed E-state index contributed by atoms with van der Waals surface area (Å²) in [6.07, 6.45) is 3.91. The lowest BCUT2D eigenvalue weighted by molar-refractivity contribution is 0.0737. The number of benzene rings is 1. The molecule has 8 heteroatoms. The van der Waals surface area contributed by atoms with Gasteiger partial charge >= 0.3 is 0 Å². The lowest BCUT2D eigenvalue weighted by Crippen LogP contribution is -2.49. The molecule has 5 rings (SSSR count). The zero-order chi connectivity index (χ0) is 23.5. The molecule has 2 aromatic heterocycles. The van der Waals surface area contributed by atoms with Crippen LogP contribution in [-0.4, -0.2) is 77.6 Å². The molecule has 0 spiro atoms. The molecule has 0 bridgehead atoms. The number of carbonyl (C=O) groups excluding carboxylic acids is 1. The largest absolute Gasteiger partial charge is 0.368 e. The van der Waals surface area contributed by atoms with Gasteiger partial charge in [-0.3, -0.25) is 9.69 Å². The van der Waals surface area contributed by atoms with E-state index >= 15 is 0 Å². The highest BCUT2D eigenvalue weighted by Crippen LogP contribution is 2.26. The molecule has 1 aromatic carbocycles. The summed E-state index contributed by atoms with van der Waals surface area (Å²) in [6.45, 7) is 7.71. The van der Waals surface area contributed by atoms with E-state index in [1.54, 1.807) is 0 Å². The number of rotatable bonds is 5. The van der Waals surface area contributed by atoms with Crippen LogP contribution in [0.2, 0.25) is 5.02 Å². The van der Waals surface area contributed by atoms with Crippen LogP contribution in [0.25, 0.3) is 0 Å². The average Bonchev–Trinajstić information content (AvgIpc) is 3.25. The first kappa shape index (κ1) is 22.7. The van der Waals surface area contributed by atoms with Crippen LogP contribution in [-0.2, 0) is 13.6 Å².